The quantitative estimate of drug-likeness (QED) is 0.633. The molecule has 0 atom stereocenters. The van der Waals surface area contributed by atoms with Crippen LogP contribution in [-0.4, -0.2) is 35.8 Å². The maximum atomic E-state index is 11.0. The van der Waals surface area contributed by atoms with Crippen molar-refractivity contribution in [2.75, 3.05) is 18.0 Å². The molecule has 0 bridgehead atoms. The molecule has 0 aromatic carbocycles. The fourth-order valence-electron chi connectivity index (χ4n) is 2.04. The molecule has 1 aliphatic heterocycles. The van der Waals surface area contributed by atoms with Crippen LogP contribution in [0.25, 0.3) is 0 Å². The van der Waals surface area contributed by atoms with Gasteiger partial charge in [-0.05, 0) is 25.3 Å². The first-order valence-corrected chi connectivity index (χ1v) is 5.98. The lowest BCUT2D eigenvalue weighted by molar-refractivity contribution is -0.384. The number of hydrogen-bond acceptors (Lipinski definition) is 6. The van der Waals surface area contributed by atoms with Gasteiger partial charge >= 0.3 is 5.69 Å². The van der Waals surface area contributed by atoms with Crippen molar-refractivity contribution in [3.63, 3.8) is 0 Å². The zero-order valence-corrected chi connectivity index (χ0v) is 10.9. The third-order valence-corrected chi connectivity index (χ3v) is 3.02. The van der Waals surface area contributed by atoms with E-state index in [2.05, 4.69) is 4.98 Å². The zero-order chi connectivity index (χ0) is 14.4. The van der Waals surface area contributed by atoms with Crippen molar-refractivity contribution in [1.82, 2.24) is 4.98 Å². The van der Waals surface area contributed by atoms with Gasteiger partial charge in [-0.1, -0.05) is 0 Å². The van der Waals surface area contributed by atoms with E-state index in [0.717, 1.165) is 31.5 Å². The van der Waals surface area contributed by atoms with Crippen LogP contribution in [-0.2, 0) is 4.79 Å². The summed E-state index contributed by atoms with van der Waals surface area (Å²) in [6.07, 6.45) is 3.37. The van der Waals surface area contributed by atoms with Gasteiger partial charge in [-0.15, -0.1) is 0 Å². The van der Waals surface area contributed by atoms with E-state index in [-0.39, 0.29) is 16.7 Å². The number of pyridine rings is 1. The number of hydrogen-bond donors (Lipinski definition) is 1. The molecule has 7 nitrogen and oxygen atoms in total. The Kier molecular flexibility index (Phi) is 5.37. The number of nitro groups is 1. The topological polar surface area (TPSA) is 102 Å². The molecule has 0 amide bonds. The molecular formula is C12H18N4O3. The van der Waals surface area contributed by atoms with Gasteiger partial charge in [0.05, 0.1) is 4.92 Å². The molecule has 1 fully saturated rings. The molecule has 1 saturated heterocycles. The van der Waals surface area contributed by atoms with Crippen LogP contribution in [0, 0.1) is 17.0 Å². The number of anilines is 1. The molecule has 2 rings (SSSR count). The lowest BCUT2D eigenvalue weighted by Crippen LogP contribution is -2.40. The molecule has 0 spiro atoms. The van der Waals surface area contributed by atoms with E-state index in [0.29, 0.717) is 5.82 Å². The fraction of sp³-hybridized carbons (Fsp3) is 0.500. The average molecular weight is 266 g/mol. The van der Waals surface area contributed by atoms with Crippen molar-refractivity contribution in [2.45, 2.75) is 25.8 Å². The molecule has 0 saturated carbocycles. The molecule has 0 unspecified atom stereocenters. The smallest absolute Gasteiger partial charge is 0.311 e. The zero-order valence-electron chi connectivity index (χ0n) is 10.9. The van der Waals surface area contributed by atoms with Gasteiger partial charge in [-0.2, -0.15) is 0 Å². The number of aryl methyl sites for hydroxylation is 1. The third-order valence-electron chi connectivity index (χ3n) is 3.02. The van der Waals surface area contributed by atoms with Gasteiger partial charge in [0.15, 0.2) is 0 Å². The summed E-state index contributed by atoms with van der Waals surface area (Å²) in [5.41, 5.74) is 6.70. The summed E-state index contributed by atoms with van der Waals surface area (Å²) in [4.78, 5) is 24.8. The van der Waals surface area contributed by atoms with Crippen molar-refractivity contribution in [1.29, 1.82) is 0 Å². The van der Waals surface area contributed by atoms with Crippen LogP contribution >= 0.6 is 0 Å². The van der Waals surface area contributed by atoms with E-state index in [1.807, 2.05) is 11.7 Å². The Morgan fingerprint density at radius 3 is 2.58 bits per heavy atom. The molecule has 1 aromatic heterocycles. The highest BCUT2D eigenvalue weighted by atomic mass is 16.6. The van der Waals surface area contributed by atoms with Crippen LogP contribution in [0.2, 0.25) is 0 Å². The highest BCUT2D eigenvalue weighted by molar-refractivity contribution is 5.58. The first-order chi connectivity index (χ1) is 9.08. The summed E-state index contributed by atoms with van der Waals surface area (Å²) in [7, 11) is 0. The highest BCUT2D eigenvalue weighted by Crippen LogP contribution is 2.28. The summed E-state index contributed by atoms with van der Waals surface area (Å²) in [5, 5.41) is 11.0. The van der Waals surface area contributed by atoms with E-state index >= 15 is 0 Å². The van der Waals surface area contributed by atoms with Crippen LogP contribution in [0.5, 0.6) is 0 Å². The van der Waals surface area contributed by atoms with Crippen molar-refractivity contribution in [3.05, 3.63) is 27.9 Å². The molecule has 1 aliphatic rings. The average Bonchev–Trinajstić information content (AvgIpc) is 2.42. The first kappa shape index (κ1) is 15.0. The predicted octanol–water partition coefficient (Wildman–Crippen LogP) is 1.04. The molecule has 2 heterocycles. The number of nitrogens with zero attached hydrogens (tertiary/aromatic N) is 3. The fourth-order valence-corrected chi connectivity index (χ4v) is 2.04. The number of piperidine rings is 1. The van der Waals surface area contributed by atoms with Crippen LogP contribution in [0.4, 0.5) is 11.5 Å². The second-order valence-corrected chi connectivity index (χ2v) is 4.44. The van der Waals surface area contributed by atoms with Gasteiger partial charge in [0.25, 0.3) is 0 Å². The monoisotopic (exact) mass is 266 g/mol. The van der Waals surface area contributed by atoms with Crippen LogP contribution in [0.1, 0.15) is 18.4 Å². The second kappa shape index (κ2) is 6.79. The molecule has 19 heavy (non-hydrogen) atoms. The second-order valence-electron chi connectivity index (χ2n) is 4.44. The largest absolute Gasteiger partial charge is 0.351 e. The predicted molar refractivity (Wildman–Crippen MR) is 72.2 cm³/mol. The minimum Gasteiger partial charge on any atom is -0.351 e. The normalized spacial score (nSPS) is 15.6. The van der Waals surface area contributed by atoms with Crippen LogP contribution < -0.4 is 10.6 Å². The number of nitrogens with two attached hydrogens (primary N) is 1. The van der Waals surface area contributed by atoms with Crippen molar-refractivity contribution < 1.29 is 9.72 Å². The molecule has 7 heteroatoms. The Balaban J connectivity index is 0.000000861. The number of aromatic nitrogens is 1. The van der Waals surface area contributed by atoms with Crippen molar-refractivity contribution in [2.24, 2.45) is 5.73 Å². The van der Waals surface area contributed by atoms with Gasteiger partial charge in [0.2, 0.25) is 5.82 Å². The standard InChI is InChI=1S/C11H16N4O2.CH2O/c1-8-6-10(15(16)17)11(13-7-8)14-4-2-9(12)3-5-14;1-2/h6-7,9H,2-5,12H2,1H3;1H2. The maximum absolute atomic E-state index is 11.0. The number of rotatable bonds is 2. The van der Waals surface area contributed by atoms with Gasteiger partial charge in [-0.25, -0.2) is 4.98 Å². The third kappa shape index (κ3) is 3.72. The molecule has 104 valence electrons. The molecule has 0 radical (unpaired) electrons. The lowest BCUT2D eigenvalue weighted by atomic mass is 10.1. The Morgan fingerprint density at radius 1 is 1.47 bits per heavy atom. The molecule has 2 N–H and O–H groups in total. The maximum Gasteiger partial charge on any atom is 0.311 e. The Labute approximate surface area is 111 Å². The highest BCUT2D eigenvalue weighted by Gasteiger charge is 2.24. The van der Waals surface area contributed by atoms with Gasteiger partial charge in [0, 0.05) is 31.4 Å². The van der Waals surface area contributed by atoms with Crippen molar-refractivity contribution in [3.8, 4) is 0 Å². The summed E-state index contributed by atoms with van der Waals surface area (Å²) >= 11 is 0. The Morgan fingerprint density at radius 2 is 2.05 bits per heavy atom. The Bertz CT molecular complexity index is 445. The molecule has 1 aromatic rings. The van der Waals surface area contributed by atoms with Gasteiger partial charge in [-0.3, -0.25) is 10.1 Å². The van der Waals surface area contributed by atoms with E-state index in [4.69, 9.17) is 10.5 Å². The number of carbonyl (C=O) groups is 1. The molecule has 0 aliphatic carbocycles. The van der Waals surface area contributed by atoms with E-state index < -0.39 is 0 Å². The van der Waals surface area contributed by atoms with E-state index in [9.17, 15) is 10.1 Å². The van der Waals surface area contributed by atoms with Gasteiger partial charge < -0.3 is 15.4 Å². The summed E-state index contributed by atoms with van der Waals surface area (Å²) in [5.74, 6) is 0.465. The summed E-state index contributed by atoms with van der Waals surface area (Å²) < 4.78 is 0. The summed E-state index contributed by atoms with van der Waals surface area (Å²) in [6, 6.07) is 1.77. The first-order valence-electron chi connectivity index (χ1n) is 5.98. The van der Waals surface area contributed by atoms with Crippen LogP contribution in [0.3, 0.4) is 0 Å². The lowest BCUT2D eigenvalue weighted by Gasteiger charge is -2.30. The van der Waals surface area contributed by atoms with Gasteiger partial charge in [0.1, 0.15) is 6.79 Å². The summed E-state index contributed by atoms with van der Waals surface area (Å²) in [6.45, 7) is 5.27. The Hall–Kier alpha value is -2.02. The van der Waals surface area contributed by atoms with Crippen molar-refractivity contribution >= 4 is 18.3 Å². The minimum absolute atomic E-state index is 0.0838. The SMILES string of the molecule is C=O.Cc1cnc(N2CCC(N)CC2)c([N+](=O)[O-])c1. The van der Waals surface area contributed by atoms with E-state index in [1.54, 1.807) is 19.2 Å². The minimum atomic E-state index is -0.371. The van der Waals surface area contributed by atoms with Crippen LogP contribution in [0.15, 0.2) is 12.3 Å². The van der Waals surface area contributed by atoms with E-state index in [1.165, 1.54) is 0 Å². The number of carbonyl (C=O) groups excluding carboxylic acids is 1. The molecular weight excluding hydrogens is 248 g/mol.